The summed E-state index contributed by atoms with van der Waals surface area (Å²) in [6, 6.07) is 4.53. The predicted molar refractivity (Wildman–Crippen MR) is 83.0 cm³/mol. The first-order valence-corrected chi connectivity index (χ1v) is 6.49. The molecular formula is C13H20Cl2N2O3. The van der Waals surface area contributed by atoms with E-state index in [-0.39, 0.29) is 18.3 Å². The lowest BCUT2D eigenvalue weighted by Gasteiger charge is -2.15. The molecular weight excluding hydrogens is 303 g/mol. The normalized spacial score (nSPS) is 11.4. The number of hydrogen-bond donors (Lipinski definition) is 2. The second kappa shape index (κ2) is 9.83. The van der Waals surface area contributed by atoms with Crippen LogP contribution in [-0.2, 0) is 9.53 Å². The largest absolute Gasteiger partial charge is 0.487 e. The van der Waals surface area contributed by atoms with Gasteiger partial charge in [0.2, 0.25) is 5.91 Å². The first-order chi connectivity index (χ1) is 9.06. The minimum absolute atomic E-state index is 0. The summed E-state index contributed by atoms with van der Waals surface area (Å²) >= 11 is 6.06. The molecule has 20 heavy (non-hydrogen) atoms. The highest BCUT2D eigenvalue weighted by atomic mass is 35.5. The minimum atomic E-state index is -0.602. The lowest BCUT2D eigenvalue weighted by atomic mass is 10.2. The molecule has 0 saturated heterocycles. The number of para-hydroxylation sites is 1. The van der Waals surface area contributed by atoms with Crippen LogP contribution >= 0.6 is 24.0 Å². The van der Waals surface area contributed by atoms with Gasteiger partial charge >= 0.3 is 0 Å². The van der Waals surface area contributed by atoms with Crippen molar-refractivity contribution >= 4 is 35.6 Å². The summed E-state index contributed by atoms with van der Waals surface area (Å²) in [6.45, 7) is 4.96. The van der Waals surface area contributed by atoms with Gasteiger partial charge in [-0.25, -0.2) is 0 Å². The highest BCUT2D eigenvalue weighted by Gasteiger charge is 2.13. The molecule has 3 N–H and O–H groups in total. The molecule has 0 aliphatic heterocycles. The van der Waals surface area contributed by atoms with E-state index in [4.69, 9.17) is 26.8 Å². The van der Waals surface area contributed by atoms with Gasteiger partial charge in [0.1, 0.15) is 6.61 Å². The molecule has 5 nitrogen and oxygen atoms in total. The third-order valence-corrected chi connectivity index (χ3v) is 2.61. The van der Waals surface area contributed by atoms with Crippen molar-refractivity contribution in [3.63, 3.8) is 0 Å². The van der Waals surface area contributed by atoms with Gasteiger partial charge in [-0.05, 0) is 26.0 Å². The zero-order valence-electron chi connectivity index (χ0n) is 11.5. The molecule has 0 radical (unpaired) electrons. The number of halogens is 2. The summed E-state index contributed by atoms with van der Waals surface area (Å²) < 4.78 is 10.7. The van der Waals surface area contributed by atoms with Crippen LogP contribution in [0.2, 0.25) is 5.02 Å². The number of nitrogens with two attached hydrogens (primary N) is 1. The first-order valence-electron chi connectivity index (χ1n) is 6.11. The third kappa shape index (κ3) is 5.96. The molecule has 7 heteroatoms. The molecule has 0 fully saturated rings. The molecule has 0 aliphatic rings. The molecule has 0 heterocycles. The SMILES string of the molecule is CCOCCOc1c(Cl)cccc1NC(=O)[C@H](C)N.Cl. The van der Waals surface area contributed by atoms with Crippen LogP contribution in [0.4, 0.5) is 5.69 Å². The Kier molecular flexibility index (Phi) is 9.33. The molecule has 1 aromatic carbocycles. The van der Waals surface area contributed by atoms with Crippen LogP contribution in [-0.4, -0.2) is 31.8 Å². The quantitative estimate of drug-likeness (QED) is 0.756. The fourth-order valence-corrected chi connectivity index (χ4v) is 1.58. The van der Waals surface area contributed by atoms with E-state index in [1.807, 2.05) is 6.92 Å². The first kappa shape index (κ1) is 19.0. The molecule has 0 unspecified atom stereocenters. The maximum atomic E-state index is 11.6. The highest BCUT2D eigenvalue weighted by Crippen LogP contribution is 2.32. The van der Waals surface area contributed by atoms with Crippen molar-refractivity contribution < 1.29 is 14.3 Å². The molecule has 0 aliphatic carbocycles. The van der Waals surface area contributed by atoms with E-state index >= 15 is 0 Å². The maximum absolute atomic E-state index is 11.6. The van der Waals surface area contributed by atoms with E-state index in [0.717, 1.165) is 0 Å². The van der Waals surface area contributed by atoms with E-state index in [2.05, 4.69) is 5.32 Å². The molecule has 114 valence electrons. The maximum Gasteiger partial charge on any atom is 0.241 e. The summed E-state index contributed by atoms with van der Waals surface area (Å²) in [4.78, 5) is 11.6. The second-order valence-corrected chi connectivity index (χ2v) is 4.35. The topological polar surface area (TPSA) is 73.6 Å². The molecule has 0 saturated carbocycles. The van der Waals surface area contributed by atoms with Gasteiger partial charge in [-0.15, -0.1) is 12.4 Å². The van der Waals surface area contributed by atoms with Gasteiger partial charge in [-0.1, -0.05) is 17.7 Å². The number of rotatable bonds is 7. The number of hydrogen-bond acceptors (Lipinski definition) is 4. The molecule has 1 atom stereocenters. The van der Waals surface area contributed by atoms with Crippen molar-refractivity contribution in [3.8, 4) is 5.75 Å². The Morgan fingerprint density at radius 1 is 1.45 bits per heavy atom. The number of nitrogens with one attached hydrogen (secondary N) is 1. The fraction of sp³-hybridized carbons (Fsp3) is 0.462. The van der Waals surface area contributed by atoms with E-state index in [1.165, 1.54) is 0 Å². The van der Waals surface area contributed by atoms with Gasteiger partial charge in [0, 0.05) is 6.61 Å². The zero-order chi connectivity index (χ0) is 14.3. The van der Waals surface area contributed by atoms with E-state index in [1.54, 1.807) is 25.1 Å². The van der Waals surface area contributed by atoms with Gasteiger partial charge in [-0.2, -0.15) is 0 Å². The second-order valence-electron chi connectivity index (χ2n) is 3.94. The number of anilines is 1. The van der Waals surface area contributed by atoms with Crippen LogP contribution in [0.15, 0.2) is 18.2 Å². The van der Waals surface area contributed by atoms with Crippen molar-refractivity contribution in [2.45, 2.75) is 19.9 Å². The van der Waals surface area contributed by atoms with Crippen LogP contribution in [0.25, 0.3) is 0 Å². The average Bonchev–Trinajstić information content (AvgIpc) is 2.37. The fourth-order valence-electron chi connectivity index (χ4n) is 1.35. The summed E-state index contributed by atoms with van der Waals surface area (Å²) in [6.07, 6.45) is 0. The predicted octanol–water partition coefficient (Wildman–Crippen LogP) is 2.46. The highest BCUT2D eigenvalue weighted by molar-refractivity contribution is 6.32. The van der Waals surface area contributed by atoms with Crippen LogP contribution in [0.1, 0.15) is 13.8 Å². The summed E-state index contributed by atoms with van der Waals surface area (Å²) in [7, 11) is 0. The minimum Gasteiger partial charge on any atom is -0.487 e. The number of benzene rings is 1. The van der Waals surface area contributed by atoms with Gasteiger partial charge in [0.15, 0.2) is 5.75 Å². The smallest absolute Gasteiger partial charge is 0.241 e. The third-order valence-electron chi connectivity index (χ3n) is 2.32. The Labute approximate surface area is 130 Å². The molecule has 1 rings (SSSR count). The van der Waals surface area contributed by atoms with Crippen molar-refractivity contribution in [1.29, 1.82) is 0 Å². The number of ether oxygens (including phenoxy) is 2. The Balaban J connectivity index is 0.00000361. The Bertz CT molecular complexity index is 428. The van der Waals surface area contributed by atoms with Crippen molar-refractivity contribution in [2.75, 3.05) is 25.1 Å². The lowest BCUT2D eigenvalue weighted by molar-refractivity contribution is -0.117. The van der Waals surface area contributed by atoms with Gasteiger partial charge in [-0.3, -0.25) is 4.79 Å². The van der Waals surface area contributed by atoms with Crippen molar-refractivity contribution in [2.24, 2.45) is 5.73 Å². The lowest BCUT2D eigenvalue weighted by Crippen LogP contribution is -2.32. The van der Waals surface area contributed by atoms with Crippen molar-refractivity contribution in [1.82, 2.24) is 0 Å². The van der Waals surface area contributed by atoms with Crippen molar-refractivity contribution in [3.05, 3.63) is 23.2 Å². The Morgan fingerprint density at radius 2 is 2.15 bits per heavy atom. The summed E-state index contributed by atoms with van der Waals surface area (Å²) in [5.74, 6) is 0.134. The van der Waals surface area contributed by atoms with Crippen LogP contribution in [0, 0.1) is 0 Å². The summed E-state index contributed by atoms with van der Waals surface area (Å²) in [5, 5.41) is 3.11. The molecule has 0 spiro atoms. The van der Waals surface area contributed by atoms with Gasteiger partial charge in [0.05, 0.1) is 23.4 Å². The van der Waals surface area contributed by atoms with E-state index in [0.29, 0.717) is 36.3 Å². The Morgan fingerprint density at radius 3 is 2.75 bits per heavy atom. The van der Waals surface area contributed by atoms with Crippen LogP contribution < -0.4 is 15.8 Å². The Hall–Kier alpha value is -1.01. The van der Waals surface area contributed by atoms with Gasteiger partial charge in [0.25, 0.3) is 0 Å². The molecule has 1 aromatic rings. The van der Waals surface area contributed by atoms with Crippen LogP contribution in [0.5, 0.6) is 5.75 Å². The molecule has 0 aromatic heterocycles. The van der Waals surface area contributed by atoms with E-state index in [9.17, 15) is 4.79 Å². The zero-order valence-corrected chi connectivity index (χ0v) is 13.1. The standard InChI is InChI=1S/C13H19ClN2O3.ClH/c1-3-18-7-8-19-12-10(14)5-4-6-11(12)16-13(17)9(2)15;/h4-6,9H,3,7-8,15H2,1-2H3,(H,16,17);1H/t9-;/m0./s1. The number of carbonyl (C=O) groups excluding carboxylic acids is 1. The molecule has 1 amide bonds. The summed E-state index contributed by atoms with van der Waals surface area (Å²) in [5.41, 5.74) is 6.01. The number of amides is 1. The molecule has 0 bridgehead atoms. The monoisotopic (exact) mass is 322 g/mol. The number of carbonyl (C=O) groups is 1. The van der Waals surface area contributed by atoms with Gasteiger partial charge < -0.3 is 20.5 Å². The van der Waals surface area contributed by atoms with E-state index < -0.39 is 6.04 Å². The average molecular weight is 323 g/mol. The van der Waals surface area contributed by atoms with Crippen LogP contribution in [0.3, 0.4) is 0 Å².